The standard InChI is InChI=1S/C23H27NO2SSi/c1-21-14-16-23(17-15-21)27(25,26)24(19-10-20-28(2,3)4)18-9-8-13-22-11-6-5-7-12-22/h5-7,9,11-17H,18-19H2,1-4H3. The molecule has 0 saturated carbocycles. The van der Waals surface area contributed by atoms with Gasteiger partial charge in [-0.25, -0.2) is 8.42 Å². The minimum absolute atomic E-state index is 0.171. The molecule has 0 aliphatic heterocycles. The molecule has 3 nitrogen and oxygen atoms in total. The summed E-state index contributed by atoms with van der Waals surface area (Å²) in [5.74, 6) is 3.07. The molecule has 0 N–H and O–H groups in total. The van der Waals surface area contributed by atoms with Crippen molar-refractivity contribution in [3.05, 3.63) is 77.5 Å². The minimum Gasteiger partial charge on any atom is -0.207 e. The second-order valence-corrected chi connectivity index (χ2v) is 14.3. The van der Waals surface area contributed by atoms with Crippen molar-refractivity contribution in [1.29, 1.82) is 0 Å². The lowest BCUT2D eigenvalue weighted by Crippen LogP contribution is -2.32. The van der Waals surface area contributed by atoms with Gasteiger partial charge in [0.2, 0.25) is 10.0 Å². The predicted octanol–water partition coefficient (Wildman–Crippen LogP) is 4.74. The molecular weight excluding hydrogens is 382 g/mol. The largest absolute Gasteiger partial charge is 0.244 e. The summed E-state index contributed by atoms with van der Waals surface area (Å²) in [5, 5.41) is 0. The number of rotatable bonds is 6. The van der Waals surface area contributed by atoms with E-state index >= 15 is 0 Å². The van der Waals surface area contributed by atoms with E-state index in [0.29, 0.717) is 0 Å². The first-order valence-corrected chi connectivity index (χ1v) is 14.2. The van der Waals surface area contributed by atoms with E-state index < -0.39 is 18.1 Å². The Kier molecular flexibility index (Phi) is 7.62. The number of sulfonamides is 1. The van der Waals surface area contributed by atoms with Gasteiger partial charge in [-0.1, -0.05) is 73.6 Å². The molecule has 28 heavy (non-hydrogen) atoms. The van der Waals surface area contributed by atoms with E-state index in [1.165, 1.54) is 4.31 Å². The maximum atomic E-state index is 13.1. The Hall–Kier alpha value is -2.35. The number of hydrogen-bond acceptors (Lipinski definition) is 2. The highest BCUT2D eigenvalue weighted by atomic mass is 32.2. The third kappa shape index (κ3) is 6.99. The molecule has 0 aromatic heterocycles. The van der Waals surface area contributed by atoms with Gasteiger partial charge < -0.3 is 0 Å². The van der Waals surface area contributed by atoms with Crippen LogP contribution in [0.25, 0.3) is 6.08 Å². The summed E-state index contributed by atoms with van der Waals surface area (Å²) < 4.78 is 27.5. The van der Waals surface area contributed by atoms with Crippen LogP contribution < -0.4 is 0 Å². The van der Waals surface area contributed by atoms with Crippen LogP contribution in [0.5, 0.6) is 0 Å². The van der Waals surface area contributed by atoms with Crippen LogP contribution in [0, 0.1) is 18.4 Å². The van der Waals surface area contributed by atoms with Crippen molar-refractivity contribution in [2.45, 2.75) is 31.5 Å². The van der Waals surface area contributed by atoms with E-state index in [2.05, 4.69) is 36.8 Å². The highest BCUT2D eigenvalue weighted by molar-refractivity contribution is 7.89. The fraction of sp³-hybridized carbons (Fsp3) is 0.261. The van der Waals surface area contributed by atoms with E-state index in [9.17, 15) is 8.42 Å². The van der Waals surface area contributed by atoms with Crippen molar-refractivity contribution >= 4 is 24.2 Å². The fourth-order valence-electron chi connectivity index (χ4n) is 2.36. The third-order valence-corrected chi connectivity index (χ3v) is 6.59. The first-order valence-electron chi connectivity index (χ1n) is 9.21. The van der Waals surface area contributed by atoms with E-state index in [1.807, 2.05) is 55.5 Å². The van der Waals surface area contributed by atoms with Crippen molar-refractivity contribution in [3.63, 3.8) is 0 Å². The molecule has 0 radical (unpaired) electrons. The van der Waals surface area contributed by atoms with Crippen molar-refractivity contribution in [2.75, 3.05) is 13.1 Å². The predicted molar refractivity (Wildman–Crippen MR) is 120 cm³/mol. The molecule has 2 aromatic rings. The molecule has 0 aliphatic carbocycles. The van der Waals surface area contributed by atoms with Gasteiger partial charge in [0.15, 0.2) is 0 Å². The third-order valence-electron chi connectivity index (χ3n) is 3.84. The van der Waals surface area contributed by atoms with Gasteiger partial charge in [0.1, 0.15) is 8.07 Å². The zero-order valence-corrected chi connectivity index (χ0v) is 18.8. The normalized spacial score (nSPS) is 11.3. The average Bonchev–Trinajstić information content (AvgIpc) is 2.64. The molecule has 0 fully saturated rings. The van der Waals surface area contributed by atoms with E-state index in [-0.39, 0.29) is 18.0 Å². The average molecular weight is 410 g/mol. The summed E-state index contributed by atoms with van der Waals surface area (Å²) in [7, 11) is -5.19. The fourth-order valence-corrected chi connectivity index (χ4v) is 4.25. The second-order valence-electron chi connectivity index (χ2n) is 7.59. The van der Waals surface area contributed by atoms with Gasteiger partial charge in [0, 0.05) is 6.54 Å². The molecule has 0 bridgehead atoms. The monoisotopic (exact) mass is 409 g/mol. The Balaban J connectivity index is 2.26. The van der Waals surface area contributed by atoms with E-state index in [1.54, 1.807) is 18.2 Å². The molecule has 0 atom stereocenters. The van der Waals surface area contributed by atoms with Crippen molar-refractivity contribution < 1.29 is 8.42 Å². The van der Waals surface area contributed by atoms with Gasteiger partial charge in [-0.2, -0.15) is 4.31 Å². The van der Waals surface area contributed by atoms with Crippen LogP contribution in [0.2, 0.25) is 19.6 Å². The Morgan fingerprint density at radius 1 is 1.00 bits per heavy atom. The molecule has 2 rings (SSSR count). The van der Waals surface area contributed by atoms with E-state index in [0.717, 1.165) is 11.1 Å². The Bertz CT molecular complexity index is 1000. The van der Waals surface area contributed by atoms with E-state index in [4.69, 9.17) is 0 Å². The molecule has 146 valence electrons. The highest BCUT2D eigenvalue weighted by Gasteiger charge is 2.22. The summed E-state index contributed by atoms with van der Waals surface area (Å²) in [6.07, 6.45) is 3.57. The zero-order chi connectivity index (χ0) is 20.6. The van der Waals surface area contributed by atoms with Crippen LogP contribution in [0.15, 0.2) is 71.3 Å². The van der Waals surface area contributed by atoms with Gasteiger partial charge in [-0.3, -0.25) is 0 Å². The van der Waals surface area contributed by atoms with Crippen LogP contribution >= 0.6 is 0 Å². The maximum absolute atomic E-state index is 13.1. The van der Waals surface area contributed by atoms with Crippen LogP contribution in [0.1, 0.15) is 11.1 Å². The van der Waals surface area contributed by atoms with Crippen molar-refractivity contribution in [1.82, 2.24) is 4.31 Å². The lowest BCUT2D eigenvalue weighted by molar-refractivity contribution is 0.478. The van der Waals surface area contributed by atoms with Gasteiger partial charge in [-0.05, 0) is 36.8 Å². The molecule has 0 amide bonds. The first kappa shape index (κ1) is 21.9. The molecule has 0 unspecified atom stereocenters. The minimum atomic E-state index is -3.62. The lowest BCUT2D eigenvalue weighted by atomic mass is 10.2. The van der Waals surface area contributed by atoms with Gasteiger partial charge in [-0.15, -0.1) is 11.3 Å². The summed E-state index contributed by atoms with van der Waals surface area (Å²) in [4.78, 5) is 0.286. The summed E-state index contributed by atoms with van der Waals surface area (Å²) >= 11 is 0. The van der Waals surface area contributed by atoms with Crippen molar-refractivity contribution in [2.24, 2.45) is 0 Å². The van der Waals surface area contributed by atoms with Crippen molar-refractivity contribution in [3.8, 4) is 11.5 Å². The Morgan fingerprint density at radius 2 is 1.64 bits per heavy atom. The lowest BCUT2D eigenvalue weighted by Gasteiger charge is -2.18. The molecular formula is C23H27NO2SSi. The molecule has 0 saturated heterocycles. The molecule has 0 heterocycles. The molecule has 5 heteroatoms. The maximum Gasteiger partial charge on any atom is 0.244 e. The summed E-state index contributed by atoms with van der Waals surface area (Å²) in [6.45, 7) is 8.75. The SMILES string of the molecule is Cc1ccc(S(=O)(=O)N(CC#C[Si](C)(C)C)CC=C=Cc2ccccc2)cc1. The smallest absolute Gasteiger partial charge is 0.207 e. The quantitative estimate of drug-likeness (QED) is 0.393. The summed E-state index contributed by atoms with van der Waals surface area (Å²) in [5.41, 5.74) is 8.36. The molecule has 0 aliphatic rings. The summed E-state index contributed by atoms with van der Waals surface area (Å²) in [6, 6.07) is 16.7. The van der Waals surface area contributed by atoms with Gasteiger partial charge in [0.05, 0.1) is 11.4 Å². The first-order chi connectivity index (χ1) is 13.2. The molecule has 0 spiro atoms. The molecule has 2 aromatic carbocycles. The number of benzene rings is 2. The number of nitrogens with zero attached hydrogens (tertiary/aromatic N) is 1. The number of aryl methyl sites for hydroxylation is 1. The second kappa shape index (κ2) is 9.72. The Labute approximate surface area is 170 Å². The van der Waals surface area contributed by atoms with Crippen LogP contribution in [-0.4, -0.2) is 33.9 Å². The topological polar surface area (TPSA) is 37.4 Å². The van der Waals surface area contributed by atoms with Gasteiger partial charge >= 0.3 is 0 Å². The van der Waals surface area contributed by atoms with Crippen LogP contribution in [0.4, 0.5) is 0 Å². The Morgan fingerprint density at radius 3 is 2.25 bits per heavy atom. The zero-order valence-electron chi connectivity index (χ0n) is 16.9. The van der Waals surface area contributed by atoms with Crippen LogP contribution in [0.3, 0.4) is 0 Å². The van der Waals surface area contributed by atoms with Crippen LogP contribution in [-0.2, 0) is 10.0 Å². The highest BCUT2D eigenvalue weighted by Crippen LogP contribution is 2.16. The van der Waals surface area contributed by atoms with Gasteiger partial charge in [0.25, 0.3) is 0 Å². The number of hydrogen-bond donors (Lipinski definition) is 0.